The summed E-state index contributed by atoms with van der Waals surface area (Å²) >= 11 is 0. The molecule has 2 aliphatic rings. The standard InChI is InChI=1S/C20H37N5O4/c1-23-11-13-24(14-12-23)15-17-5-4-10-25(17)16-19(27)22-8-2-6-18(26)21-9-3-7-20(28)29/h17H,2-16H2,1H3,(H,21,26)(H,22,27)(H,28,29)/i4+1,5+1,6+1,7+1,10+1,15+1,17+1,18+1,20+1,24+1,25+1. The number of aliphatic carboxylic acids is 1. The zero-order valence-corrected chi connectivity index (χ0v) is 17.7. The molecule has 2 fully saturated rings. The fourth-order valence-corrected chi connectivity index (χ4v) is 3.91. The Morgan fingerprint density at radius 1 is 0.931 bits per heavy atom. The number of nitrogens with zero attached hydrogens (tertiary/aromatic N) is 3. The normalized spacial score (nSPS) is 21.2. The van der Waals surface area contributed by atoms with Crippen LogP contribution in [0.4, 0.5) is 0 Å². The summed E-state index contributed by atoms with van der Waals surface area (Å²) in [5.74, 6) is -0.931. The number of carbonyl (C=O) groups excluding carboxylic acids is 2. The Bertz CT molecular complexity index is 537. The molecule has 29 heavy (non-hydrogen) atoms. The van der Waals surface area contributed by atoms with Crippen LogP contribution in [0.5, 0.6) is 0 Å². The second-order valence-corrected chi connectivity index (χ2v) is 8.17. The number of hydrogen-bond acceptors (Lipinski definition) is 6. The molecule has 2 heterocycles. The van der Waals surface area contributed by atoms with Gasteiger partial charge in [0.1, 0.15) is 0 Å². The maximum absolute atomic E-state index is 12.3. The third-order valence-electron chi connectivity index (χ3n) is 5.70. The zero-order valence-electron chi connectivity index (χ0n) is 17.7. The summed E-state index contributed by atoms with van der Waals surface area (Å²) in [4.78, 5) is 41.5. The predicted octanol–water partition coefficient (Wildman–Crippen LogP) is -0.424. The van der Waals surface area contributed by atoms with E-state index in [1.54, 1.807) is 0 Å². The molecular formula is C20H37N5O4. The summed E-state index contributed by atoms with van der Waals surface area (Å²) < 4.78 is 0. The molecule has 2 aliphatic heterocycles. The number of amides is 2. The molecule has 3 N–H and O–H groups in total. The van der Waals surface area contributed by atoms with Gasteiger partial charge in [-0.15, -0.1) is 0 Å². The van der Waals surface area contributed by atoms with Gasteiger partial charge < -0.3 is 20.6 Å². The lowest BCUT2D eigenvalue weighted by atomic mass is 10.4. The van der Waals surface area contributed by atoms with Crippen LogP contribution in [0, 0.1) is 0 Å². The first-order valence-corrected chi connectivity index (χ1v) is 10.8. The Kier molecular flexibility index (Phi) is 10.4. The van der Waals surface area contributed by atoms with Crippen molar-refractivity contribution in [2.24, 2.45) is 0 Å². The fraction of sp³-hybridized carbons (Fsp3) is 0.850. The van der Waals surface area contributed by atoms with E-state index >= 15 is 0 Å². The van der Waals surface area contributed by atoms with Crippen LogP contribution in [-0.2, 0) is 14.4 Å². The van der Waals surface area contributed by atoms with Crippen molar-refractivity contribution < 1.29 is 19.5 Å². The molecule has 166 valence electrons. The summed E-state index contributed by atoms with van der Waals surface area (Å²) in [7, 11) is 2.16. The van der Waals surface area contributed by atoms with Gasteiger partial charge >= 0.3 is 5.97 Å². The molecule has 2 rings (SSSR count). The Labute approximate surface area is 173 Å². The molecule has 0 aromatic heterocycles. The monoisotopic (exact) mass is 422 g/mol. The summed E-state index contributed by atoms with van der Waals surface area (Å²) in [6.07, 6.45) is 3.71. The zero-order chi connectivity index (χ0) is 21.1. The second-order valence-electron chi connectivity index (χ2n) is 8.17. The van der Waals surface area contributed by atoms with Gasteiger partial charge in [0.15, 0.2) is 0 Å². The number of likely N-dealkylation sites (tertiary alicyclic amines) is 1. The first-order chi connectivity index (χ1) is 13.9. The van der Waals surface area contributed by atoms with Crippen molar-refractivity contribution in [3.8, 4) is 0 Å². The molecule has 0 aromatic carbocycles. The minimum absolute atomic E-state index is 0.0251. The number of nitrogens with one attached hydrogen (secondary N) is 2. The highest BCUT2D eigenvalue weighted by Crippen LogP contribution is 2.18. The van der Waals surface area contributed by atoms with E-state index in [2.05, 4.69) is 32.4 Å². The third kappa shape index (κ3) is 9.56. The minimum Gasteiger partial charge on any atom is -0.481 e. The molecule has 1 atom stereocenters. The van der Waals surface area contributed by atoms with E-state index < -0.39 is 5.97 Å². The van der Waals surface area contributed by atoms with Crippen molar-refractivity contribution in [2.75, 3.05) is 66.0 Å². The summed E-state index contributed by atoms with van der Waals surface area (Å²) in [6, 6.07) is 0.459. The summed E-state index contributed by atoms with van der Waals surface area (Å²) in [6.45, 7) is 7.74. The molecule has 0 radical (unpaired) electrons. The SMILES string of the molecule is CN1CC[15N]([13CH2][13CH]2[13CH2][13CH2][13CH2][15N]2CC(=O)NCC[13CH2][13C](=O)NCC[13CH2][13C](=O)O)CC1. The molecule has 0 spiro atoms. The Balaban J connectivity index is 1.55. The minimum atomic E-state index is -0.856. The number of carboxylic acids is 1. The maximum atomic E-state index is 12.3. The fourth-order valence-electron chi connectivity index (χ4n) is 3.91. The van der Waals surface area contributed by atoms with Gasteiger partial charge in [-0.3, -0.25) is 24.2 Å². The average Bonchev–Trinajstić information content (AvgIpc) is 3.10. The van der Waals surface area contributed by atoms with E-state index in [4.69, 9.17) is 5.11 Å². The third-order valence-corrected chi connectivity index (χ3v) is 5.70. The molecule has 2 amide bonds. The van der Waals surface area contributed by atoms with E-state index in [-0.39, 0.29) is 18.2 Å². The summed E-state index contributed by atoms with van der Waals surface area (Å²) in [5, 5.41) is 14.2. The first kappa shape index (κ1) is 23.6. The van der Waals surface area contributed by atoms with Crippen LogP contribution >= 0.6 is 0 Å². The first-order valence-electron chi connectivity index (χ1n) is 10.8. The van der Waals surface area contributed by atoms with Crippen LogP contribution < -0.4 is 10.6 Å². The molecular weight excluding hydrogens is 385 g/mol. The topological polar surface area (TPSA) is 105 Å². The number of likely N-dealkylation sites (N-methyl/N-ethyl adjacent to an activating group) is 1. The molecule has 2 saturated heterocycles. The van der Waals surface area contributed by atoms with Crippen LogP contribution in [-0.4, -0.2) is 110 Å². The van der Waals surface area contributed by atoms with E-state index in [1.807, 2.05) is 0 Å². The van der Waals surface area contributed by atoms with E-state index in [0.717, 1.165) is 52.1 Å². The van der Waals surface area contributed by atoms with Gasteiger partial charge in [0.05, 0.1) is 6.54 Å². The lowest BCUT2D eigenvalue weighted by molar-refractivity contribution is -0.137. The second kappa shape index (κ2) is 12.8. The number of rotatable bonds is 12. The number of piperazine rings is 1. The quantitative estimate of drug-likeness (QED) is 0.223. The lowest BCUT2D eigenvalue weighted by Crippen LogP contribution is -2.50. The van der Waals surface area contributed by atoms with Gasteiger partial charge in [-0.05, 0) is 39.3 Å². The summed E-state index contributed by atoms with van der Waals surface area (Å²) in [5.41, 5.74) is 0. The highest BCUT2D eigenvalue weighted by molar-refractivity contribution is 5.78. The van der Waals surface area contributed by atoms with Crippen molar-refractivity contribution in [2.45, 2.75) is 44.6 Å². The molecule has 0 bridgehead atoms. The Morgan fingerprint density at radius 2 is 1.59 bits per heavy atom. The largest absolute Gasteiger partial charge is 0.481 e. The molecule has 0 aliphatic carbocycles. The Morgan fingerprint density at radius 3 is 2.28 bits per heavy atom. The van der Waals surface area contributed by atoms with Crippen molar-refractivity contribution in [3.05, 3.63) is 0 Å². The van der Waals surface area contributed by atoms with E-state index in [0.29, 0.717) is 44.9 Å². The van der Waals surface area contributed by atoms with Crippen LogP contribution in [0.2, 0.25) is 0 Å². The van der Waals surface area contributed by atoms with Gasteiger partial charge in [-0.2, -0.15) is 0 Å². The van der Waals surface area contributed by atoms with Crippen molar-refractivity contribution in [3.63, 3.8) is 0 Å². The van der Waals surface area contributed by atoms with Crippen LogP contribution in [0.1, 0.15) is 38.5 Å². The highest BCUT2D eigenvalue weighted by Gasteiger charge is 2.28. The van der Waals surface area contributed by atoms with Gasteiger partial charge in [0, 0.05) is 64.7 Å². The van der Waals surface area contributed by atoms with Crippen molar-refractivity contribution in [1.82, 2.24) is 25.3 Å². The van der Waals surface area contributed by atoms with E-state index in [1.165, 1.54) is 0 Å². The Hall–Kier alpha value is -1.71. The van der Waals surface area contributed by atoms with Crippen LogP contribution in [0.3, 0.4) is 0 Å². The lowest BCUT2D eigenvalue weighted by Gasteiger charge is -2.36. The van der Waals surface area contributed by atoms with E-state index in [9.17, 15) is 14.4 Å². The van der Waals surface area contributed by atoms with Gasteiger partial charge in [-0.25, -0.2) is 0 Å². The molecule has 0 saturated carbocycles. The number of hydrogen-bond donors (Lipinski definition) is 3. The average molecular weight is 422 g/mol. The maximum Gasteiger partial charge on any atom is 0.303 e. The molecule has 9 nitrogen and oxygen atoms in total. The molecule has 1 unspecified atom stereocenters. The van der Waals surface area contributed by atoms with Crippen LogP contribution in [0.25, 0.3) is 0 Å². The highest BCUT2D eigenvalue weighted by atomic mass is 16.5. The van der Waals surface area contributed by atoms with Crippen molar-refractivity contribution in [1.29, 1.82) is 0 Å². The van der Waals surface area contributed by atoms with Gasteiger partial charge in [0.25, 0.3) is 0 Å². The number of carboxylic acid groups (broad SMARTS) is 1. The smallest absolute Gasteiger partial charge is 0.303 e. The van der Waals surface area contributed by atoms with Crippen molar-refractivity contribution >= 4 is 17.8 Å². The van der Waals surface area contributed by atoms with Gasteiger partial charge in [0.2, 0.25) is 11.8 Å². The van der Waals surface area contributed by atoms with Gasteiger partial charge in [-0.1, -0.05) is 0 Å². The van der Waals surface area contributed by atoms with Crippen LogP contribution in [0.15, 0.2) is 0 Å². The molecule has 9 heteroatoms. The molecule has 0 aromatic rings. The number of carbonyl (C=O) groups is 3. The predicted molar refractivity (Wildman–Crippen MR) is 111 cm³/mol.